The zero-order valence-corrected chi connectivity index (χ0v) is 13.9. The van der Waals surface area contributed by atoms with Gasteiger partial charge in [0, 0.05) is 15.1 Å². The average Bonchev–Trinajstić information content (AvgIpc) is 2.46. The van der Waals surface area contributed by atoms with E-state index < -0.39 is 0 Å². The van der Waals surface area contributed by atoms with E-state index in [9.17, 15) is 4.79 Å². The van der Waals surface area contributed by atoms with Gasteiger partial charge in [0.05, 0.1) is 16.3 Å². The summed E-state index contributed by atoms with van der Waals surface area (Å²) in [4.78, 5) is 12.9. The van der Waals surface area contributed by atoms with Gasteiger partial charge < -0.3 is 5.32 Å². The Morgan fingerprint density at radius 3 is 2.76 bits per heavy atom. The molecule has 0 atom stereocenters. The van der Waals surface area contributed by atoms with Gasteiger partial charge in [-0.1, -0.05) is 23.7 Å². The number of amides is 1. The molecule has 0 aromatic heterocycles. The molecule has 0 aliphatic carbocycles. The van der Waals surface area contributed by atoms with E-state index in [0.717, 1.165) is 9.37 Å². The SMILES string of the molecule is N#Cc1ccc(NC(=O)CSc2ccccc2Br)cc1Cl. The molecule has 0 aliphatic heterocycles. The van der Waals surface area contributed by atoms with Crippen LogP contribution in [0.15, 0.2) is 51.8 Å². The predicted molar refractivity (Wildman–Crippen MR) is 89.7 cm³/mol. The van der Waals surface area contributed by atoms with Crippen molar-refractivity contribution in [1.82, 2.24) is 0 Å². The van der Waals surface area contributed by atoms with Gasteiger partial charge in [-0.2, -0.15) is 5.26 Å². The molecule has 0 unspecified atom stereocenters. The summed E-state index contributed by atoms with van der Waals surface area (Å²) in [5.74, 6) is 0.164. The minimum absolute atomic E-state index is 0.128. The van der Waals surface area contributed by atoms with Crippen molar-refractivity contribution in [3.05, 3.63) is 57.5 Å². The van der Waals surface area contributed by atoms with E-state index in [1.165, 1.54) is 11.8 Å². The minimum Gasteiger partial charge on any atom is -0.325 e. The molecule has 0 spiro atoms. The molecule has 0 heterocycles. The Balaban J connectivity index is 1.95. The number of benzene rings is 2. The quantitative estimate of drug-likeness (QED) is 0.781. The molecule has 0 bridgehead atoms. The zero-order chi connectivity index (χ0) is 15.2. The number of anilines is 1. The maximum Gasteiger partial charge on any atom is 0.234 e. The van der Waals surface area contributed by atoms with Crippen molar-refractivity contribution >= 4 is 50.9 Å². The van der Waals surface area contributed by atoms with Gasteiger partial charge >= 0.3 is 0 Å². The predicted octanol–water partition coefficient (Wildman–Crippen LogP) is 4.70. The number of halogens is 2. The first-order valence-corrected chi connectivity index (χ1v) is 8.12. The van der Waals surface area contributed by atoms with Crippen LogP contribution < -0.4 is 5.32 Å². The van der Waals surface area contributed by atoms with Crippen LogP contribution in [0.25, 0.3) is 0 Å². The summed E-state index contributed by atoms with van der Waals surface area (Å²) < 4.78 is 0.962. The average molecular weight is 382 g/mol. The van der Waals surface area contributed by atoms with E-state index >= 15 is 0 Å². The van der Waals surface area contributed by atoms with Gasteiger partial charge in [-0.3, -0.25) is 4.79 Å². The highest BCUT2D eigenvalue weighted by Crippen LogP contribution is 2.27. The van der Waals surface area contributed by atoms with E-state index in [2.05, 4.69) is 21.2 Å². The summed E-state index contributed by atoms with van der Waals surface area (Å²) in [5, 5.41) is 11.9. The Labute approximate surface area is 140 Å². The lowest BCUT2D eigenvalue weighted by molar-refractivity contribution is -0.113. The number of nitrogens with one attached hydrogen (secondary N) is 1. The summed E-state index contributed by atoms with van der Waals surface area (Å²) in [7, 11) is 0. The normalized spacial score (nSPS) is 9.95. The summed E-state index contributed by atoms with van der Waals surface area (Å²) in [6, 6.07) is 14.5. The monoisotopic (exact) mass is 380 g/mol. The first-order chi connectivity index (χ1) is 10.1. The van der Waals surface area contributed by atoms with Crippen LogP contribution in [0.1, 0.15) is 5.56 Å². The number of hydrogen-bond acceptors (Lipinski definition) is 3. The van der Waals surface area contributed by atoms with Gasteiger partial charge in [0.15, 0.2) is 0 Å². The summed E-state index contributed by atoms with van der Waals surface area (Å²) in [6.07, 6.45) is 0. The molecule has 0 radical (unpaired) electrons. The Bertz CT molecular complexity index is 715. The zero-order valence-electron chi connectivity index (χ0n) is 10.8. The number of rotatable bonds is 4. The molecule has 6 heteroatoms. The molecule has 0 fully saturated rings. The Morgan fingerprint density at radius 2 is 2.10 bits per heavy atom. The fourth-order valence-corrected chi connectivity index (χ4v) is 3.18. The van der Waals surface area contributed by atoms with Crippen molar-refractivity contribution in [2.75, 3.05) is 11.1 Å². The summed E-state index contributed by atoms with van der Waals surface area (Å²) >= 11 is 10.8. The van der Waals surface area contributed by atoms with Crippen LogP contribution in [0.3, 0.4) is 0 Å². The summed E-state index contributed by atoms with van der Waals surface area (Å²) in [6.45, 7) is 0. The van der Waals surface area contributed by atoms with Gasteiger partial charge in [0.25, 0.3) is 0 Å². The standard InChI is InChI=1S/C15H10BrClN2OS/c16-12-3-1-2-4-14(12)21-9-15(20)19-11-6-5-10(8-18)13(17)7-11/h1-7H,9H2,(H,19,20). The topological polar surface area (TPSA) is 52.9 Å². The lowest BCUT2D eigenvalue weighted by Crippen LogP contribution is -2.14. The van der Waals surface area contributed by atoms with Crippen LogP contribution in [0.4, 0.5) is 5.69 Å². The third-order valence-electron chi connectivity index (χ3n) is 2.57. The van der Waals surface area contributed by atoms with Gasteiger partial charge in [-0.05, 0) is 46.3 Å². The fourth-order valence-electron chi connectivity index (χ4n) is 1.59. The molecule has 0 saturated heterocycles. The van der Waals surface area contributed by atoms with Gasteiger partial charge in [0.1, 0.15) is 6.07 Å². The molecule has 2 rings (SSSR count). The first kappa shape index (κ1) is 15.9. The van der Waals surface area contributed by atoms with Crippen molar-refractivity contribution in [1.29, 1.82) is 5.26 Å². The van der Waals surface area contributed by atoms with Crippen LogP contribution in [-0.2, 0) is 4.79 Å². The molecule has 106 valence electrons. The highest BCUT2D eigenvalue weighted by molar-refractivity contribution is 9.10. The molecular weight excluding hydrogens is 372 g/mol. The van der Waals surface area contributed by atoms with Gasteiger partial charge in [-0.25, -0.2) is 0 Å². The number of carbonyl (C=O) groups excluding carboxylic acids is 1. The molecule has 21 heavy (non-hydrogen) atoms. The second kappa shape index (κ2) is 7.51. The third kappa shape index (κ3) is 4.50. The van der Waals surface area contributed by atoms with Gasteiger partial charge in [-0.15, -0.1) is 11.8 Å². The number of thioether (sulfide) groups is 1. The third-order valence-corrected chi connectivity index (χ3v) is 4.91. The van der Waals surface area contributed by atoms with Crippen LogP contribution in [0.5, 0.6) is 0 Å². The fraction of sp³-hybridized carbons (Fsp3) is 0.0667. The second-order valence-electron chi connectivity index (χ2n) is 4.07. The molecule has 1 amide bonds. The van der Waals surface area contributed by atoms with E-state index in [4.69, 9.17) is 16.9 Å². The smallest absolute Gasteiger partial charge is 0.234 e. The van der Waals surface area contributed by atoms with Crippen molar-refractivity contribution in [3.63, 3.8) is 0 Å². The van der Waals surface area contributed by atoms with E-state index in [0.29, 0.717) is 22.0 Å². The molecule has 0 saturated carbocycles. The largest absolute Gasteiger partial charge is 0.325 e. The van der Waals surface area contributed by atoms with Crippen molar-refractivity contribution in [2.24, 2.45) is 0 Å². The molecule has 1 N–H and O–H groups in total. The van der Waals surface area contributed by atoms with Crippen LogP contribution in [0.2, 0.25) is 5.02 Å². The first-order valence-electron chi connectivity index (χ1n) is 5.97. The number of hydrogen-bond donors (Lipinski definition) is 1. The summed E-state index contributed by atoms with van der Waals surface area (Å²) in [5.41, 5.74) is 0.967. The van der Waals surface area contributed by atoms with Crippen molar-refractivity contribution < 1.29 is 4.79 Å². The lowest BCUT2D eigenvalue weighted by Gasteiger charge is -2.07. The highest BCUT2D eigenvalue weighted by Gasteiger charge is 2.07. The molecule has 3 nitrogen and oxygen atoms in total. The van der Waals surface area contributed by atoms with E-state index in [-0.39, 0.29) is 5.91 Å². The van der Waals surface area contributed by atoms with Gasteiger partial charge in [0.2, 0.25) is 5.91 Å². The maximum absolute atomic E-state index is 11.9. The van der Waals surface area contributed by atoms with Crippen LogP contribution in [0, 0.1) is 11.3 Å². The van der Waals surface area contributed by atoms with Crippen LogP contribution in [-0.4, -0.2) is 11.7 Å². The number of carbonyl (C=O) groups is 1. The Hall–Kier alpha value is -1.48. The second-order valence-corrected chi connectivity index (χ2v) is 6.35. The molecule has 0 aliphatic rings. The maximum atomic E-state index is 11.9. The number of nitrogens with zero attached hydrogens (tertiary/aromatic N) is 1. The molecular formula is C15H10BrClN2OS. The lowest BCUT2D eigenvalue weighted by atomic mass is 10.2. The van der Waals surface area contributed by atoms with Crippen molar-refractivity contribution in [3.8, 4) is 6.07 Å². The van der Waals surface area contributed by atoms with E-state index in [1.807, 2.05) is 30.3 Å². The Kier molecular flexibility index (Phi) is 5.68. The molecule has 2 aromatic rings. The highest BCUT2D eigenvalue weighted by atomic mass is 79.9. The molecule has 2 aromatic carbocycles. The Morgan fingerprint density at radius 1 is 1.33 bits per heavy atom. The van der Waals surface area contributed by atoms with Crippen molar-refractivity contribution in [2.45, 2.75) is 4.90 Å². The van der Waals surface area contributed by atoms with Crippen LogP contribution >= 0.6 is 39.3 Å². The van der Waals surface area contributed by atoms with E-state index in [1.54, 1.807) is 18.2 Å². The minimum atomic E-state index is -0.128. The number of nitriles is 1.